The molecule has 0 aromatic carbocycles. The molecule has 108 valence electrons. The first-order chi connectivity index (χ1) is 8.96. The topological polar surface area (TPSA) is 37.4 Å². The van der Waals surface area contributed by atoms with E-state index in [1.54, 1.807) is 10.4 Å². The monoisotopic (exact) mass is 385 g/mol. The fourth-order valence-electron chi connectivity index (χ4n) is 2.52. The first-order valence-electron chi connectivity index (χ1n) is 6.30. The molecule has 1 aromatic rings. The van der Waals surface area contributed by atoms with E-state index < -0.39 is 10.0 Å². The maximum absolute atomic E-state index is 12.8. The minimum Gasteiger partial charge on any atom is -0.207 e. The van der Waals surface area contributed by atoms with Crippen LogP contribution < -0.4 is 0 Å². The predicted octanol–water partition coefficient (Wildman–Crippen LogP) is 3.99. The van der Waals surface area contributed by atoms with E-state index in [1.165, 1.54) is 11.3 Å². The lowest BCUT2D eigenvalue weighted by molar-refractivity contribution is 0.247. The second-order valence-corrected chi connectivity index (χ2v) is 9.59. The van der Waals surface area contributed by atoms with Gasteiger partial charge < -0.3 is 0 Å². The van der Waals surface area contributed by atoms with E-state index in [9.17, 15) is 8.42 Å². The minimum atomic E-state index is -3.39. The summed E-state index contributed by atoms with van der Waals surface area (Å²) in [5.74, 6) is 0.503. The molecule has 1 aliphatic rings. The van der Waals surface area contributed by atoms with Gasteiger partial charge in [-0.15, -0.1) is 22.9 Å². The summed E-state index contributed by atoms with van der Waals surface area (Å²) in [5, 5.41) is 0. The number of hydrogen-bond donors (Lipinski definition) is 0. The normalized spacial score (nSPS) is 21.7. The number of piperidine rings is 1. The molecule has 1 atom stereocenters. The fourth-order valence-corrected chi connectivity index (χ4v) is 6.88. The van der Waals surface area contributed by atoms with Gasteiger partial charge in [0.15, 0.2) is 0 Å². The van der Waals surface area contributed by atoms with Crippen molar-refractivity contribution in [2.45, 2.75) is 43.5 Å². The van der Waals surface area contributed by atoms with Gasteiger partial charge in [0, 0.05) is 23.3 Å². The van der Waals surface area contributed by atoms with Crippen LogP contribution in [0.3, 0.4) is 0 Å². The van der Waals surface area contributed by atoms with Crippen molar-refractivity contribution in [2.75, 3.05) is 12.4 Å². The van der Waals surface area contributed by atoms with Crippen molar-refractivity contribution in [3.8, 4) is 0 Å². The largest absolute Gasteiger partial charge is 0.244 e. The average molecular weight is 387 g/mol. The number of rotatable bonds is 4. The van der Waals surface area contributed by atoms with Crippen LogP contribution in [0.1, 0.15) is 30.6 Å². The van der Waals surface area contributed by atoms with Crippen molar-refractivity contribution in [2.24, 2.45) is 0 Å². The second kappa shape index (κ2) is 6.43. The lowest BCUT2D eigenvalue weighted by Crippen LogP contribution is -2.43. The van der Waals surface area contributed by atoms with E-state index in [2.05, 4.69) is 15.9 Å². The van der Waals surface area contributed by atoms with Gasteiger partial charge in [0.1, 0.15) is 0 Å². The van der Waals surface area contributed by atoms with Gasteiger partial charge in [-0.25, -0.2) is 8.42 Å². The van der Waals surface area contributed by atoms with Gasteiger partial charge in [0.25, 0.3) is 0 Å². The van der Waals surface area contributed by atoms with Crippen LogP contribution in [-0.4, -0.2) is 31.2 Å². The van der Waals surface area contributed by atoms with Gasteiger partial charge in [-0.05, 0) is 48.2 Å². The summed E-state index contributed by atoms with van der Waals surface area (Å²) in [5.41, 5.74) is 0. The summed E-state index contributed by atoms with van der Waals surface area (Å²) in [6, 6.07) is 1.76. The molecule has 1 aliphatic heterocycles. The lowest BCUT2D eigenvalue weighted by Gasteiger charge is -2.34. The van der Waals surface area contributed by atoms with Crippen LogP contribution in [0.15, 0.2) is 14.7 Å². The highest BCUT2D eigenvalue weighted by atomic mass is 79.9. The molecule has 0 radical (unpaired) electrons. The average Bonchev–Trinajstić information content (AvgIpc) is 2.70. The highest BCUT2D eigenvalue weighted by molar-refractivity contribution is 9.11. The van der Waals surface area contributed by atoms with Crippen molar-refractivity contribution in [1.82, 2.24) is 4.31 Å². The Balaban J connectivity index is 2.34. The number of hydrogen-bond acceptors (Lipinski definition) is 3. The molecule has 0 saturated carbocycles. The summed E-state index contributed by atoms with van der Waals surface area (Å²) in [6.45, 7) is 2.46. The Bertz CT molecular complexity index is 542. The molecule has 0 aliphatic carbocycles. The maximum Gasteiger partial charge on any atom is 0.244 e. The Labute approximate surface area is 132 Å². The van der Waals surface area contributed by atoms with Crippen LogP contribution in [0, 0.1) is 6.92 Å². The van der Waals surface area contributed by atoms with Crippen LogP contribution in [-0.2, 0) is 10.0 Å². The lowest BCUT2D eigenvalue weighted by atomic mass is 10.0. The number of halogens is 2. The van der Waals surface area contributed by atoms with E-state index in [0.717, 1.165) is 34.3 Å². The molecule has 0 bridgehead atoms. The fraction of sp³-hybridized carbons (Fsp3) is 0.667. The van der Waals surface area contributed by atoms with Gasteiger partial charge in [-0.2, -0.15) is 4.31 Å². The Kier molecular flexibility index (Phi) is 5.34. The third-order valence-corrected chi connectivity index (χ3v) is 7.42. The van der Waals surface area contributed by atoms with Crippen molar-refractivity contribution >= 4 is 48.9 Å². The molecule has 3 nitrogen and oxygen atoms in total. The Morgan fingerprint density at radius 1 is 1.53 bits per heavy atom. The summed E-state index contributed by atoms with van der Waals surface area (Å²) >= 11 is 10.6. The molecule has 1 unspecified atom stereocenters. The minimum absolute atomic E-state index is 0.0503. The van der Waals surface area contributed by atoms with Crippen molar-refractivity contribution in [3.05, 3.63) is 14.7 Å². The predicted molar refractivity (Wildman–Crippen MR) is 83.6 cm³/mol. The molecule has 1 aromatic heterocycles. The van der Waals surface area contributed by atoms with Gasteiger partial charge in [0.05, 0.1) is 8.68 Å². The molecule has 7 heteroatoms. The van der Waals surface area contributed by atoms with Gasteiger partial charge in [-0.1, -0.05) is 6.42 Å². The van der Waals surface area contributed by atoms with E-state index in [1.807, 2.05) is 6.92 Å². The quantitative estimate of drug-likeness (QED) is 0.734. The zero-order valence-corrected chi connectivity index (χ0v) is 14.7. The van der Waals surface area contributed by atoms with E-state index in [4.69, 9.17) is 11.6 Å². The summed E-state index contributed by atoms with van der Waals surface area (Å²) in [4.78, 5) is 1.27. The summed E-state index contributed by atoms with van der Waals surface area (Å²) in [6.07, 6.45) is 3.66. The molecule has 2 rings (SSSR count). The standard InChI is InChI=1S/C12H17BrClNO2S2/c1-9-11(8-12(13)18-9)19(16,17)15-7-3-2-4-10(15)5-6-14/h8,10H,2-7H2,1H3. The zero-order chi connectivity index (χ0) is 14.0. The first kappa shape index (κ1) is 15.8. The van der Waals surface area contributed by atoms with Gasteiger partial charge in [-0.3, -0.25) is 0 Å². The van der Waals surface area contributed by atoms with Gasteiger partial charge >= 0.3 is 0 Å². The highest BCUT2D eigenvalue weighted by Gasteiger charge is 2.34. The Morgan fingerprint density at radius 3 is 2.84 bits per heavy atom. The SMILES string of the molecule is Cc1sc(Br)cc1S(=O)(=O)N1CCCCC1CCCl. The second-order valence-electron chi connectivity index (χ2n) is 4.71. The smallest absolute Gasteiger partial charge is 0.207 e. The molecule has 19 heavy (non-hydrogen) atoms. The van der Waals surface area contributed by atoms with Crippen LogP contribution in [0.2, 0.25) is 0 Å². The van der Waals surface area contributed by atoms with Crippen molar-refractivity contribution in [1.29, 1.82) is 0 Å². The number of alkyl halides is 1. The van der Waals surface area contributed by atoms with Crippen LogP contribution >= 0.6 is 38.9 Å². The van der Waals surface area contributed by atoms with Crippen LogP contribution in [0.25, 0.3) is 0 Å². The Hall–Kier alpha value is 0.380. The molecule has 2 heterocycles. The van der Waals surface area contributed by atoms with Crippen molar-refractivity contribution < 1.29 is 8.42 Å². The van der Waals surface area contributed by atoms with Crippen molar-refractivity contribution in [3.63, 3.8) is 0 Å². The molecular weight excluding hydrogens is 370 g/mol. The maximum atomic E-state index is 12.8. The number of sulfonamides is 1. The third-order valence-electron chi connectivity index (χ3n) is 3.44. The summed E-state index contributed by atoms with van der Waals surface area (Å²) in [7, 11) is -3.39. The Morgan fingerprint density at radius 2 is 2.26 bits per heavy atom. The molecule has 1 saturated heterocycles. The third kappa shape index (κ3) is 3.35. The van der Waals surface area contributed by atoms with Crippen LogP contribution in [0.4, 0.5) is 0 Å². The first-order valence-corrected chi connectivity index (χ1v) is 9.89. The van der Waals surface area contributed by atoms with Crippen LogP contribution in [0.5, 0.6) is 0 Å². The molecule has 0 spiro atoms. The summed E-state index contributed by atoms with van der Waals surface area (Å²) < 4.78 is 28.1. The molecule has 1 fully saturated rings. The number of aryl methyl sites for hydroxylation is 1. The van der Waals surface area contributed by atoms with Gasteiger partial charge in [0.2, 0.25) is 10.0 Å². The van der Waals surface area contributed by atoms with E-state index in [-0.39, 0.29) is 6.04 Å². The highest BCUT2D eigenvalue weighted by Crippen LogP contribution is 2.34. The zero-order valence-electron chi connectivity index (χ0n) is 10.7. The molecule has 0 amide bonds. The molecular formula is C12H17BrClNO2S2. The van der Waals surface area contributed by atoms with E-state index >= 15 is 0 Å². The van der Waals surface area contributed by atoms with E-state index in [0.29, 0.717) is 17.3 Å². The number of nitrogens with zero attached hydrogens (tertiary/aromatic N) is 1. The number of thiophene rings is 1. The molecule has 0 N–H and O–H groups in total.